The van der Waals surface area contributed by atoms with Crippen molar-refractivity contribution in [2.75, 3.05) is 20.2 Å². The van der Waals surface area contributed by atoms with E-state index < -0.39 is 5.97 Å². The lowest BCUT2D eigenvalue weighted by Crippen LogP contribution is -2.39. The van der Waals surface area contributed by atoms with Crippen molar-refractivity contribution < 1.29 is 19.4 Å². The predicted octanol–water partition coefficient (Wildman–Crippen LogP) is 5.47. The summed E-state index contributed by atoms with van der Waals surface area (Å²) in [6, 6.07) is 24.6. The molecule has 1 heterocycles. The molecule has 3 aromatic rings. The summed E-state index contributed by atoms with van der Waals surface area (Å²) >= 11 is 0. The summed E-state index contributed by atoms with van der Waals surface area (Å²) < 4.78 is 11.8. The van der Waals surface area contributed by atoms with Gasteiger partial charge in [-0.25, -0.2) is 0 Å². The van der Waals surface area contributed by atoms with E-state index in [0.717, 1.165) is 24.2 Å². The van der Waals surface area contributed by atoms with Crippen molar-refractivity contribution in [2.45, 2.75) is 32.4 Å². The summed E-state index contributed by atoms with van der Waals surface area (Å²) in [6.45, 7) is 4.08. The molecule has 172 valence electrons. The van der Waals surface area contributed by atoms with Gasteiger partial charge in [-0.05, 0) is 67.2 Å². The van der Waals surface area contributed by atoms with E-state index in [9.17, 15) is 9.90 Å². The van der Waals surface area contributed by atoms with Gasteiger partial charge in [0.2, 0.25) is 0 Å². The zero-order chi connectivity index (χ0) is 23.2. The van der Waals surface area contributed by atoms with Gasteiger partial charge in [0.05, 0.1) is 19.1 Å². The molecule has 0 saturated carbocycles. The number of hydrogen-bond acceptors (Lipinski definition) is 4. The number of nitrogens with zero attached hydrogens (tertiary/aromatic N) is 1. The monoisotopic (exact) mass is 445 g/mol. The Bertz CT molecular complexity index is 1070. The summed E-state index contributed by atoms with van der Waals surface area (Å²) in [5, 5.41) is 9.42. The molecule has 1 aliphatic rings. The molecule has 0 radical (unpaired) electrons. The minimum Gasteiger partial charge on any atom is -0.493 e. The van der Waals surface area contributed by atoms with Crippen molar-refractivity contribution in [1.82, 2.24) is 4.90 Å². The van der Waals surface area contributed by atoms with Crippen LogP contribution in [0, 0.1) is 12.8 Å². The number of carbonyl (C=O) groups is 1. The minimum absolute atomic E-state index is 0.0259. The molecule has 0 aliphatic carbocycles. The van der Waals surface area contributed by atoms with Crippen LogP contribution in [0.2, 0.25) is 0 Å². The van der Waals surface area contributed by atoms with E-state index in [0.29, 0.717) is 30.9 Å². The number of methoxy groups -OCH3 is 1. The lowest BCUT2D eigenvalue weighted by atomic mass is 9.89. The van der Waals surface area contributed by atoms with E-state index in [1.54, 1.807) is 7.11 Å². The van der Waals surface area contributed by atoms with Gasteiger partial charge in [-0.15, -0.1) is 0 Å². The number of benzene rings is 3. The molecule has 1 atom stereocenters. The van der Waals surface area contributed by atoms with Crippen LogP contribution in [-0.2, 0) is 11.4 Å². The Morgan fingerprint density at radius 2 is 1.70 bits per heavy atom. The van der Waals surface area contributed by atoms with E-state index in [1.165, 1.54) is 11.1 Å². The Morgan fingerprint density at radius 1 is 1.00 bits per heavy atom. The lowest BCUT2D eigenvalue weighted by Gasteiger charge is -2.38. The molecule has 4 rings (SSSR count). The van der Waals surface area contributed by atoms with Gasteiger partial charge in [-0.3, -0.25) is 9.69 Å². The molecule has 5 heteroatoms. The average molecular weight is 446 g/mol. The number of rotatable bonds is 8. The molecule has 1 aliphatic heterocycles. The summed E-state index contributed by atoms with van der Waals surface area (Å²) in [5.41, 5.74) is 4.65. The van der Waals surface area contributed by atoms with Crippen LogP contribution in [0.4, 0.5) is 0 Å². The SMILES string of the molecule is COc1cc(C(c2ccccc2C)N2CCC(C(=O)O)CC2)ccc1OCc1ccccc1. The Labute approximate surface area is 195 Å². The Morgan fingerprint density at radius 3 is 2.36 bits per heavy atom. The number of carboxylic acid groups (broad SMARTS) is 1. The number of ether oxygens (including phenoxy) is 2. The first-order chi connectivity index (χ1) is 16.1. The van der Waals surface area contributed by atoms with Gasteiger partial charge < -0.3 is 14.6 Å². The number of hydrogen-bond donors (Lipinski definition) is 1. The fraction of sp³-hybridized carbons (Fsp3) is 0.321. The smallest absolute Gasteiger partial charge is 0.306 e. The minimum atomic E-state index is -0.691. The molecule has 1 fully saturated rings. The van der Waals surface area contributed by atoms with Crippen molar-refractivity contribution in [2.24, 2.45) is 5.92 Å². The highest BCUT2D eigenvalue weighted by molar-refractivity contribution is 5.70. The molecule has 0 amide bonds. The average Bonchev–Trinajstić information content (AvgIpc) is 2.85. The van der Waals surface area contributed by atoms with Gasteiger partial charge >= 0.3 is 5.97 Å². The highest BCUT2D eigenvalue weighted by Gasteiger charge is 2.31. The van der Waals surface area contributed by atoms with Crippen molar-refractivity contribution in [3.05, 3.63) is 95.1 Å². The van der Waals surface area contributed by atoms with Gasteiger partial charge in [0.25, 0.3) is 0 Å². The highest BCUT2D eigenvalue weighted by atomic mass is 16.5. The Balaban J connectivity index is 1.62. The molecule has 1 saturated heterocycles. The van der Waals surface area contributed by atoms with Gasteiger partial charge in [0, 0.05) is 0 Å². The second-order valence-electron chi connectivity index (χ2n) is 8.59. The van der Waals surface area contributed by atoms with Crippen molar-refractivity contribution in [3.63, 3.8) is 0 Å². The van der Waals surface area contributed by atoms with Crippen molar-refractivity contribution in [1.29, 1.82) is 0 Å². The zero-order valence-electron chi connectivity index (χ0n) is 19.2. The van der Waals surface area contributed by atoms with Crippen LogP contribution in [0.5, 0.6) is 11.5 Å². The Hall–Kier alpha value is -3.31. The van der Waals surface area contributed by atoms with Crippen molar-refractivity contribution >= 4 is 5.97 Å². The maximum atomic E-state index is 11.5. The fourth-order valence-corrected chi connectivity index (χ4v) is 4.59. The summed E-state index contributed by atoms with van der Waals surface area (Å²) in [4.78, 5) is 13.9. The maximum absolute atomic E-state index is 11.5. The zero-order valence-corrected chi connectivity index (χ0v) is 19.2. The molecule has 0 spiro atoms. The molecule has 5 nitrogen and oxygen atoms in total. The van der Waals surface area contributed by atoms with Crippen LogP contribution < -0.4 is 9.47 Å². The van der Waals surface area contributed by atoms with Crippen LogP contribution in [0.1, 0.15) is 41.1 Å². The van der Waals surface area contributed by atoms with E-state index in [1.807, 2.05) is 42.5 Å². The van der Waals surface area contributed by atoms with Crippen LogP contribution in [0.25, 0.3) is 0 Å². The number of piperidine rings is 1. The second-order valence-corrected chi connectivity index (χ2v) is 8.59. The third-order valence-corrected chi connectivity index (χ3v) is 6.47. The Kier molecular flexibility index (Phi) is 7.30. The first-order valence-electron chi connectivity index (χ1n) is 11.4. The van der Waals surface area contributed by atoms with Gasteiger partial charge in [0.1, 0.15) is 6.61 Å². The second kappa shape index (κ2) is 10.5. The fourth-order valence-electron chi connectivity index (χ4n) is 4.59. The molecule has 3 aromatic carbocycles. The van der Waals surface area contributed by atoms with E-state index >= 15 is 0 Å². The van der Waals surface area contributed by atoms with Gasteiger partial charge in [0.15, 0.2) is 11.5 Å². The number of likely N-dealkylation sites (tertiary alicyclic amines) is 1. The standard InChI is InChI=1S/C28H31NO4/c1-20-8-6-7-11-24(20)27(29-16-14-22(15-17-29)28(30)31)23-12-13-25(26(18-23)32-2)33-19-21-9-4-3-5-10-21/h3-13,18,22,27H,14-17,19H2,1-2H3,(H,30,31). The summed E-state index contributed by atoms with van der Waals surface area (Å²) in [6.07, 6.45) is 1.32. The molecule has 0 bridgehead atoms. The molecular formula is C28H31NO4. The van der Waals surface area contributed by atoms with Crippen molar-refractivity contribution in [3.8, 4) is 11.5 Å². The predicted molar refractivity (Wildman–Crippen MR) is 129 cm³/mol. The topological polar surface area (TPSA) is 59.0 Å². The number of carboxylic acids is 1. The normalized spacial score (nSPS) is 15.7. The number of aliphatic carboxylic acids is 1. The molecule has 1 N–H and O–H groups in total. The van der Waals surface area contributed by atoms with E-state index in [-0.39, 0.29) is 12.0 Å². The van der Waals surface area contributed by atoms with Gasteiger partial charge in [-0.2, -0.15) is 0 Å². The first-order valence-corrected chi connectivity index (χ1v) is 11.4. The third-order valence-electron chi connectivity index (χ3n) is 6.47. The van der Waals surface area contributed by atoms with Crippen LogP contribution in [0.15, 0.2) is 72.8 Å². The maximum Gasteiger partial charge on any atom is 0.306 e. The molecular weight excluding hydrogens is 414 g/mol. The largest absolute Gasteiger partial charge is 0.493 e. The van der Waals surface area contributed by atoms with Crippen LogP contribution in [0.3, 0.4) is 0 Å². The lowest BCUT2D eigenvalue weighted by molar-refractivity contribution is -0.143. The third kappa shape index (κ3) is 5.37. The van der Waals surface area contributed by atoms with E-state index in [2.05, 4.69) is 42.2 Å². The van der Waals surface area contributed by atoms with Crippen LogP contribution in [-0.4, -0.2) is 36.2 Å². The first kappa shape index (κ1) is 22.9. The number of aryl methyl sites for hydroxylation is 1. The highest BCUT2D eigenvalue weighted by Crippen LogP contribution is 2.38. The summed E-state index contributed by atoms with van der Waals surface area (Å²) in [5.74, 6) is 0.450. The molecule has 33 heavy (non-hydrogen) atoms. The quantitative estimate of drug-likeness (QED) is 0.498. The molecule has 0 aromatic heterocycles. The van der Waals surface area contributed by atoms with Crippen LogP contribution >= 0.6 is 0 Å². The van der Waals surface area contributed by atoms with E-state index in [4.69, 9.17) is 9.47 Å². The van der Waals surface area contributed by atoms with Gasteiger partial charge in [-0.1, -0.05) is 60.7 Å². The molecule has 1 unspecified atom stereocenters. The summed E-state index contributed by atoms with van der Waals surface area (Å²) in [7, 11) is 1.66.